The van der Waals surface area contributed by atoms with Crippen LogP contribution < -0.4 is 10.0 Å². The van der Waals surface area contributed by atoms with Crippen LogP contribution in [0.3, 0.4) is 0 Å². The summed E-state index contributed by atoms with van der Waals surface area (Å²) in [6, 6.07) is 11.8. The van der Waals surface area contributed by atoms with Gasteiger partial charge in [0.15, 0.2) is 11.6 Å². The van der Waals surface area contributed by atoms with Gasteiger partial charge < -0.3 is 5.32 Å². The van der Waals surface area contributed by atoms with Crippen molar-refractivity contribution in [2.24, 2.45) is 0 Å². The van der Waals surface area contributed by atoms with Gasteiger partial charge in [-0.2, -0.15) is 0 Å². The molecule has 0 fully saturated rings. The lowest BCUT2D eigenvalue weighted by molar-refractivity contribution is 0.102. The summed E-state index contributed by atoms with van der Waals surface area (Å²) in [4.78, 5) is 11.8. The minimum Gasteiger partial charge on any atom is -0.319 e. The summed E-state index contributed by atoms with van der Waals surface area (Å²) in [6.45, 7) is 1.75. The highest BCUT2D eigenvalue weighted by atomic mass is 32.2. The van der Waals surface area contributed by atoms with Gasteiger partial charge in [-0.3, -0.25) is 9.52 Å². The van der Waals surface area contributed by atoms with E-state index >= 15 is 0 Å². The van der Waals surface area contributed by atoms with Crippen LogP contribution in [0, 0.1) is 24.4 Å². The predicted octanol–water partition coefficient (Wildman–Crippen LogP) is 4.47. The number of sulfonamides is 1. The Balaban J connectivity index is 1.75. The number of halogens is 3. The Morgan fingerprint density at radius 3 is 2.14 bits per heavy atom. The fourth-order valence-corrected chi connectivity index (χ4v) is 3.55. The Hall–Kier alpha value is -3.33. The molecule has 2 N–H and O–H groups in total. The Morgan fingerprint density at radius 2 is 1.48 bits per heavy atom. The first-order valence-electron chi connectivity index (χ1n) is 8.31. The van der Waals surface area contributed by atoms with E-state index in [9.17, 15) is 26.4 Å². The molecule has 0 atom stereocenters. The molecule has 29 heavy (non-hydrogen) atoms. The molecule has 3 aromatic carbocycles. The maximum atomic E-state index is 13.8. The molecule has 0 aliphatic heterocycles. The standard InChI is InChI=1S/C20H15F3N2O3S/c1-12-2-8-17(22)19(10-12)24-20(26)13-3-5-14(6-4-13)25-29(27,28)15-7-9-16(21)18(23)11-15/h2-11,25H,1H3,(H,24,26). The van der Waals surface area contributed by atoms with E-state index in [1.807, 2.05) is 0 Å². The molecule has 150 valence electrons. The molecule has 5 nitrogen and oxygen atoms in total. The summed E-state index contributed by atoms with van der Waals surface area (Å²) >= 11 is 0. The summed E-state index contributed by atoms with van der Waals surface area (Å²) < 4.78 is 66.8. The predicted molar refractivity (Wildman–Crippen MR) is 103 cm³/mol. The topological polar surface area (TPSA) is 75.3 Å². The Kier molecular flexibility index (Phi) is 5.60. The van der Waals surface area contributed by atoms with E-state index in [1.165, 1.54) is 36.4 Å². The summed E-state index contributed by atoms with van der Waals surface area (Å²) in [5.74, 6) is -3.61. The number of carbonyl (C=O) groups excluding carboxylic acids is 1. The van der Waals surface area contributed by atoms with E-state index in [0.29, 0.717) is 12.1 Å². The first-order valence-corrected chi connectivity index (χ1v) is 9.79. The van der Waals surface area contributed by atoms with Crippen LogP contribution in [0.25, 0.3) is 0 Å². The van der Waals surface area contributed by atoms with Gasteiger partial charge in [0.25, 0.3) is 15.9 Å². The number of hydrogen-bond acceptors (Lipinski definition) is 3. The molecule has 0 aliphatic rings. The minimum absolute atomic E-state index is 0.0260. The molecule has 0 radical (unpaired) electrons. The zero-order valence-corrected chi connectivity index (χ0v) is 15.9. The van der Waals surface area contributed by atoms with Crippen molar-refractivity contribution >= 4 is 27.3 Å². The van der Waals surface area contributed by atoms with Gasteiger partial charge in [-0.1, -0.05) is 6.07 Å². The average Bonchev–Trinajstić information content (AvgIpc) is 2.67. The number of carbonyl (C=O) groups is 1. The monoisotopic (exact) mass is 420 g/mol. The molecule has 0 bridgehead atoms. The molecule has 1 amide bonds. The summed E-state index contributed by atoms with van der Waals surface area (Å²) in [5, 5.41) is 2.44. The summed E-state index contributed by atoms with van der Waals surface area (Å²) in [7, 11) is -4.15. The van der Waals surface area contributed by atoms with Crippen molar-refractivity contribution in [3.8, 4) is 0 Å². The van der Waals surface area contributed by atoms with Crippen molar-refractivity contribution in [1.29, 1.82) is 0 Å². The first kappa shape index (κ1) is 20.4. The highest BCUT2D eigenvalue weighted by Crippen LogP contribution is 2.20. The molecule has 0 aromatic heterocycles. The van der Waals surface area contributed by atoms with Gasteiger partial charge in [0.05, 0.1) is 10.6 Å². The number of anilines is 2. The highest BCUT2D eigenvalue weighted by Gasteiger charge is 2.17. The SMILES string of the molecule is Cc1ccc(F)c(NC(=O)c2ccc(NS(=O)(=O)c3ccc(F)c(F)c3)cc2)c1. The average molecular weight is 420 g/mol. The van der Waals surface area contributed by atoms with Crippen molar-refractivity contribution < 1.29 is 26.4 Å². The minimum atomic E-state index is -4.15. The molecule has 0 saturated heterocycles. The third-order valence-electron chi connectivity index (χ3n) is 3.97. The fraction of sp³-hybridized carbons (Fsp3) is 0.0500. The number of hydrogen-bond donors (Lipinski definition) is 2. The number of nitrogens with one attached hydrogen (secondary N) is 2. The van der Waals surface area contributed by atoms with E-state index in [1.54, 1.807) is 13.0 Å². The van der Waals surface area contributed by atoms with Crippen molar-refractivity contribution in [1.82, 2.24) is 0 Å². The molecule has 3 aromatic rings. The maximum Gasteiger partial charge on any atom is 0.261 e. The normalized spacial score (nSPS) is 11.2. The molecule has 0 spiro atoms. The zero-order valence-electron chi connectivity index (χ0n) is 15.0. The lowest BCUT2D eigenvalue weighted by Crippen LogP contribution is -2.15. The van der Waals surface area contributed by atoms with Crippen LogP contribution in [0.2, 0.25) is 0 Å². The first-order chi connectivity index (χ1) is 13.7. The van der Waals surface area contributed by atoms with E-state index in [4.69, 9.17) is 0 Å². The fourth-order valence-electron chi connectivity index (χ4n) is 2.48. The number of amides is 1. The van der Waals surface area contributed by atoms with E-state index in [0.717, 1.165) is 11.6 Å². The Bertz CT molecular complexity index is 1180. The van der Waals surface area contributed by atoms with E-state index < -0.39 is 38.3 Å². The maximum absolute atomic E-state index is 13.8. The van der Waals surface area contributed by atoms with Gasteiger partial charge >= 0.3 is 0 Å². The lowest BCUT2D eigenvalue weighted by Gasteiger charge is -2.10. The molecule has 3 rings (SSSR count). The smallest absolute Gasteiger partial charge is 0.261 e. The zero-order chi connectivity index (χ0) is 21.2. The van der Waals surface area contributed by atoms with Crippen LogP contribution in [-0.4, -0.2) is 14.3 Å². The molecule has 0 aliphatic carbocycles. The van der Waals surface area contributed by atoms with Gasteiger partial charge in [0.2, 0.25) is 0 Å². The molecular weight excluding hydrogens is 405 g/mol. The molecule has 0 unspecified atom stereocenters. The second kappa shape index (κ2) is 7.96. The molecule has 0 saturated carbocycles. The second-order valence-corrected chi connectivity index (χ2v) is 7.88. The lowest BCUT2D eigenvalue weighted by atomic mass is 10.1. The third-order valence-corrected chi connectivity index (χ3v) is 5.35. The van der Waals surface area contributed by atoms with Gasteiger partial charge in [-0.05, 0) is 67.1 Å². The van der Waals surface area contributed by atoms with Gasteiger partial charge in [0.1, 0.15) is 5.82 Å². The van der Waals surface area contributed by atoms with Crippen LogP contribution in [0.4, 0.5) is 24.5 Å². The van der Waals surface area contributed by atoms with E-state index in [2.05, 4.69) is 10.0 Å². The van der Waals surface area contributed by atoms with Crippen LogP contribution in [0.1, 0.15) is 15.9 Å². The Labute approximate surface area is 165 Å². The van der Waals surface area contributed by atoms with Crippen LogP contribution in [0.15, 0.2) is 65.6 Å². The number of aryl methyl sites for hydroxylation is 1. The highest BCUT2D eigenvalue weighted by molar-refractivity contribution is 7.92. The molecule has 0 heterocycles. The van der Waals surface area contributed by atoms with Crippen molar-refractivity contribution in [3.05, 3.63) is 89.2 Å². The van der Waals surface area contributed by atoms with Crippen molar-refractivity contribution in [3.63, 3.8) is 0 Å². The summed E-state index contributed by atoms with van der Waals surface area (Å²) in [6.07, 6.45) is 0. The number of benzene rings is 3. The quantitative estimate of drug-likeness (QED) is 0.640. The van der Waals surface area contributed by atoms with Crippen LogP contribution in [-0.2, 0) is 10.0 Å². The van der Waals surface area contributed by atoms with Gasteiger partial charge in [0, 0.05) is 11.3 Å². The molecule has 9 heteroatoms. The van der Waals surface area contributed by atoms with Gasteiger partial charge in [-0.25, -0.2) is 21.6 Å². The van der Waals surface area contributed by atoms with Crippen molar-refractivity contribution in [2.45, 2.75) is 11.8 Å². The van der Waals surface area contributed by atoms with Crippen LogP contribution in [0.5, 0.6) is 0 Å². The summed E-state index contributed by atoms with van der Waals surface area (Å²) in [5.41, 5.74) is 1.07. The van der Waals surface area contributed by atoms with Gasteiger partial charge in [-0.15, -0.1) is 0 Å². The molecular formula is C20H15F3N2O3S. The third kappa shape index (κ3) is 4.75. The van der Waals surface area contributed by atoms with Crippen LogP contribution >= 0.6 is 0 Å². The largest absolute Gasteiger partial charge is 0.319 e. The Morgan fingerprint density at radius 1 is 0.828 bits per heavy atom. The number of rotatable bonds is 5. The second-order valence-electron chi connectivity index (χ2n) is 6.20. The van der Waals surface area contributed by atoms with Crippen molar-refractivity contribution in [2.75, 3.05) is 10.0 Å². The van der Waals surface area contributed by atoms with E-state index in [-0.39, 0.29) is 16.9 Å².